The number of nitrogens with zero attached hydrogens (tertiary/aromatic N) is 2. The van der Waals surface area contributed by atoms with E-state index in [2.05, 4.69) is 19.9 Å². The zero-order valence-corrected chi connectivity index (χ0v) is 12.5. The Morgan fingerprint density at radius 2 is 2.00 bits per heavy atom. The van der Waals surface area contributed by atoms with Crippen molar-refractivity contribution in [2.24, 2.45) is 0 Å². The molecule has 1 aromatic carbocycles. The van der Waals surface area contributed by atoms with E-state index in [1.54, 1.807) is 6.07 Å². The Hall–Kier alpha value is -1.92. The summed E-state index contributed by atoms with van der Waals surface area (Å²) < 4.78 is 2.05. The third kappa shape index (κ3) is 2.81. The largest absolute Gasteiger partial charge is 0.397 e. The average molecular weight is 288 g/mol. The first-order valence-electron chi connectivity index (χ1n) is 6.71. The van der Waals surface area contributed by atoms with Crippen LogP contribution in [0.15, 0.2) is 30.3 Å². The molecule has 0 saturated carbocycles. The van der Waals surface area contributed by atoms with Gasteiger partial charge in [-0.3, -0.25) is 0 Å². The minimum Gasteiger partial charge on any atom is -0.397 e. The van der Waals surface area contributed by atoms with Crippen molar-refractivity contribution in [1.82, 2.24) is 4.57 Å². The van der Waals surface area contributed by atoms with Crippen molar-refractivity contribution in [2.45, 2.75) is 32.7 Å². The lowest BCUT2D eigenvalue weighted by molar-refractivity contribution is 0.514. The summed E-state index contributed by atoms with van der Waals surface area (Å²) in [5.74, 6) is 0. The molecule has 2 N–H and O–H groups in total. The van der Waals surface area contributed by atoms with E-state index in [0.29, 0.717) is 17.8 Å². The van der Waals surface area contributed by atoms with Crippen LogP contribution in [-0.4, -0.2) is 4.57 Å². The van der Waals surface area contributed by atoms with Crippen molar-refractivity contribution in [3.8, 4) is 6.07 Å². The number of nitrogen functional groups attached to an aromatic ring is 1. The second-order valence-corrected chi connectivity index (χ2v) is 5.41. The highest BCUT2D eigenvalue weighted by molar-refractivity contribution is 6.30. The molecular formula is C16H18ClN3. The van der Waals surface area contributed by atoms with Gasteiger partial charge in [0.1, 0.15) is 11.8 Å². The predicted molar refractivity (Wildman–Crippen MR) is 82.8 cm³/mol. The number of rotatable bonds is 4. The van der Waals surface area contributed by atoms with E-state index >= 15 is 0 Å². The number of benzene rings is 1. The molecule has 1 aromatic heterocycles. The third-order valence-electron chi connectivity index (χ3n) is 3.61. The second-order valence-electron chi connectivity index (χ2n) is 4.97. The van der Waals surface area contributed by atoms with Gasteiger partial charge in [0, 0.05) is 23.2 Å². The molecule has 0 aliphatic heterocycles. The van der Waals surface area contributed by atoms with Crippen molar-refractivity contribution in [2.75, 3.05) is 5.73 Å². The Morgan fingerprint density at radius 3 is 2.55 bits per heavy atom. The van der Waals surface area contributed by atoms with Gasteiger partial charge in [0.2, 0.25) is 0 Å². The SMILES string of the molecule is CC[C@H](C)n1c(C#N)cc(N)c1Cc1ccc(Cl)cc1. The van der Waals surface area contributed by atoms with Crippen LogP contribution in [0.25, 0.3) is 0 Å². The van der Waals surface area contributed by atoms with E-state index in [9.17, 15) is 5.26 Å². The fraction of sp³-hybridized carbons (Fsp3) is 0.312. The van der Waals surface area contributed by atoms with Gasteiger partial charge in [-0.05, 0) is 37.1 Å². The molecule has 0 bridgehead atoms. The molecule has 104 valence electrons. The van der Waals surface area contributed by atoms with Gasteiger partial charge in [-0.1, -0.05) is 30.7 Å². The Kier molecular flexibility index (Phi) is 4.36. The molecule has 2 aromatic rings. The molecule has 0 radical (unpaired) electrons. The van der Waals surface area contributed by atoms with Crippen LogP contribution in [-0.2, 0) is 6.42 Å². The highest BCUT2D eigenvalue weighted by atomic mass is 35.5. The van der Waals surface area contributed by atoms with Crippen LogP contribution >= 0.6 is 11.6 Å². The molecule has 3 nitrogen and oxygen atoms in total. The summed E-state index contributed by atoms with van der Waals surface area (Å²) in [6.45, 7) is 4.21. The fourth-order valence-electron chi connectivity index (χ4n) is 2.34. The molecule has 2 rings (SSSR count). The van der Waals surface area contributed by atoms with Crippen molar-refractivity contribution < 1.29 is 0 Å². The normalized spacial score (nSPS) is 12.1. The van der Waals surface area contributed by atoms with Crippen LogP contribution in [0.2, 0.25) is 5.02 Å². The van der Waals surface area contributed by atoms with Crippen LogP contribution in [0.1, 0.15) is 43.3 Å². The maximum atomic E-state index is 9.26. The standard InChI is InChI=1S/C16H18ClN3/c1-3-11(2)20-14(10-18)9-15(19)16(20)8-12-4-6-13(17)7-5-12/h4-7,9,11H,3,8,19H2,1-2H3/t11-/m0/s1. The van der Waals surface area contributed by atoms with Crippen LogP contribution < -0.4 is 5.73 Å². The Labute approximate surface area is 124 Å². The molecule has 0 spiro atoms. The van der Waals surface area contributed by atoms with Crippen molar-refractivity contribution >= 4 is 17.3 Å². The van der Waals surface area contributed by atoms with Gasteiger partial charge in [-0.25, -0.2) is 0 Å². The number of anilines is 1. The molecule has 0 unspecified atom stereocenters. The van der Waals surface area contributed by atoms with Gasteiger partial charge in [0.25, 0.3) is 0 Å². The molecule has 1 heterocycles. The zero-order valence-electron chi connectivity index (χ0n) is 11.7. The molecule has 4 heteroatoms. The quantitative estimate of drug-likeness (QED) is 0.918. The Morgan fingerprint density at radius 1 is 1.35 bits per heavy atom. The summed E-state index contributed by atoms with van der Waals surface area (Å²) in [5, 5.41) is 9.98. The molecule has 0 aliphatic carbocycles. The van der Waals surface area contributed by atoms with E-state index in [-0.39, 0.29) is 6.04 Å². The molecule has 1 atom stereocenters. The summed E-state index contributed by atoms with van der Waals surface area (Å²) in [6, 6.07) is 12.0. The van der Waals surface area contributed by atoms with Crippen LogP contribution in [0, 0.1) is 11.3 Å². The summed E-state index contributed by atoms with van der Waals surface area (Å²) >= 11 is 5.90. The number of hydrogen-bond acceptors (Lipinski definition) is 2. The first-order valence-corrected chi connectivity index (χ1v) is 7.08. The maximum Gasteiger partial charge on any atom is 0.122 e. The van der Waals surface area contributed by atoms with Gasteiger partial charge in [-0.2, -0.15) is 5.26 Å². The smallest absolute Gasteiger partial charge is 0.122 e. The van der Waals surface area contributed by atoms with Crippen molar-refractivity contribution in [1.29, 1.82) is 5.26 Å². The monoisotopic (exact) mass is 287 g/mol. The number of hydrogen-bond donors (Lipinski definition) is 1. The highest BCUT2D eigenvalue weighted by Gasteiger charge is 2.17. The van der Waals surface area contributed by atoms with Gasteiger partial charge in [0.05, 0.1) is 5.69 Å². The molecular weight excluding hydrogens is 270 g/mol. The van der Waals surface area contributed by atoms with Gasteiger partial charge < -0.3 is 10.3 Å². The lowest BCUT2D eigenvalue weighted by atomic mass is 10.1. The van der Waals surface area contributed by atoms with E-state index < -0.39 is 0 Å². The molecule has 0 aliphatic rings. The lowest BCUT2D eigenvalue weighted by Crippen LogP contribution is -2.11. The average Bonchev–Trinajstić information content (AvgIpc) is 2.77. The van der Waals surface area contributed by atoms with Crippen molar-refractivity contribution in [3.05, 3.63) is 52.3 Å². The minimum atomic E-state index is 0.254. The van der Waals surface area contributed by atoms with Crippen LogP contribution in [0.3, 0.4) is 0 Å². The Balaban J connectivity index is 2.43. The van der Waals surface area contributed by atoms with Gasteiger partial charge in [-0.15, -0.1) is 0 Å². The maximum absolute atomic E-state index is 9.26. The van der Waals surface area contributed by atoms with Crippen LogP contribution in [0.4, 0.5) is 5.69 Å². The third-order valence-corrected chi connectivity index (χ3v) is 3.86. The molecule has 20 heavy (non-hydrogen) atoms. The molecule has 0 fully saturated rings. The fourth-order valence-corrected chi connectivity index (χ4v) is 2.47. The molecule has 0 saturated heterocycles. The lowest BCUT2D eigenvalue weighted by Gasteiger charge is -2.17. The first-order chi connectivity index (χ1) is 9.56. The summed E-state index contributed by atoms with van der Waals surface area (Å²) in [5.41, 5.74) is 9.52. The van der Waals surface area contributed by atoms with E-state index in [0.717, 1.165) is 22.7 Å². The summed E-state index contributed by atoms with van der Waals surface area (Å²) in [4.78, 5) is 0. The Bertz CT molecular complexity index is 635. The van der Waals surface area contributed by atoms with E-state index in [1.807, 2.05) is 28.8 Å². The topological polar surface area (TPSA) is 54.7 Å². The van der Waals surface area contributed by atoms with Gasteiger partial charge >= 0.3 is 0 Å². The summed E-state index contributed by atoms with van der Waals surface area (Å²) in [7, 11) is 0. The van der Waals surface area contributed by atoms with Crippen LogP contribution in [0.5, 0.6) is 0 Å². The second kappa shape index (κ2) is 6.02. The predicted octanol–water partition coefficient (Wildman–Crippen LogP) is 4.16. The van der Waals surface area contributed by atoms with Crippen molar-refractivity contribution in [3.63, 3.8) is 0 Å². The van der Waals surface area contributed by atoms with E-state index in [4.69, 9.17) is 17.3 Å². The number of halogens is 1. The highest BCUT2D eigenvalue weighted by Crippen LogP contribution is 2.27. The number of nitrogens with two attached hydrogens (primary N) is 1. The summed E-state index contributed by atoms with van der Waals surface area (Å²) in [6.07, 6.45) is 1.66. The minimum absolute atomic E-state index is 0.254. The zero-order chi connectivity index (χ0) is 14.7. The van der Waals surface area contributed by atoms with Gasteiger partial charge in [0.15, 0.2) is 0 Å². The molecule has 0 amide bonds. The van der Waals surface area contributed by atoms with E-state index in [1.165, 1.54) is 0 Å². The first kappa shape index (κ1) is 14.5. The number of aromatic nitrogens is 1. The number of nitriles is 1.